The summed E-state index contributed by atoms with van der Waals surface area (Å²) in [5.41, 5.74) is 8.95. The van der Waals surface area contributed by atoms with Crippen LogP contribution in [0.3, 0.4) is 0 Å². The van der Waals surface area contributed by atoms with Crippen molar-refractivity contribution in [3.8, 4) is 11.5 Å². The molecule has 0 aliphatic heterocycles. The monoisotopic (exact) mass is 264 g/mol. The second kappa shape index (κ2) is 5.84. The summed E-state index contributed by atoms with van der Waals surface area (Å²) in [6.07, 6.45) is 1.79. The lowest BCUT2D eigenvalue weighted by Crippen LogP contribution is -2.10. The van der Waals surface area contributed by atoms with Crippen LogP contribution in [0.1, 0.15) is 23.4 Å². The van der Waals surface area contributed by atoms with Crippen molar-refractivity contribution in [3.63, 3.8) is 0 Å². The highest BCUT2D eigenvalue weighted by Crippen LogP contribution is 2.32. The largest absolute Gasteiger partial charge is 0.493 e. The van der Waals surface area contributed by atoms with Gasteiger partial charge in [-0.25, -0.2) is 0 Å². The number of thiazole rings is 1. The van der Waals surface area contributed by atoms with Gasteiger partial charge in [-0.3, -0.25) is 4.98 Å². The summed E-state index contributed by atoms with van der Waals surface area (Å²) in [4.78, 5) is 5.07. The predicted molar refractivity (Wildman–Crippen MR) is 72.3 cm³/mol. The third-order valence-corrected chi connectivity index (χ3v) is 3.46. The Morgan fingerprint density at radius 2 is 2.22 bits per heavy atom. The van der Waals surface area contributed by atoms with Gasteiger partial charge in [0.05, 0.1) is 25.3 Å². The molecule has 1 atom stereocenters. The fourth-order valence-electron chi connectivity index (χ4n) is 1.70. The molecule has 0 aliphatic rings. The Hall–Kier alpha value is -1.59. The van der Waals surface area contributed by atoms with Gasteiger partial charge in [0.1, 0.15) is 0 Å². The van der Waals surface area contributed by atoms with Crippen molar-refractivity contribution in [2.24, 2.45) is 5.73 Å². The van der Waals surface area contributed by atoms with Gasteiger partial charge in [0.15, 0.2) is 11.5 Å². The first-order valence-electron chi connectivity index (χ1n) is 5.71. The van der Waals surface area contributed by atoms with Gasteiger partial charge >= 0.3 is 0 Å². The molecule has 0 amide bonds. The molecule has 96 valence electrons. The van der Waals surface area contributed by atoms with Crippen LogP contribution in [0.5, 0.6) is 11.5 Å². The van der Waals surface area contributed by atoms with Crippen LogP contribution in [0.4, 0.5) is 0 Å². The summed E-state index contributed by atoms with van der Waals surface area (Å²) in [5.74, 6) is 1.44. The molecule has 18 heavy (non-hydrogen) atoms. The number of benzene rings is 1. The summed E-state index contributed by atoms with van der Waals surface area (Å²) in [7, 11) is 1.62. The molecule has 1 heterocycles. The molecule has 2 N–H and O–H groups in total. The average Bonchev–Trinajstić information content (AvgIpc) is 2.92. The maximum atomic E-state index is 6.18. The van der Waals surface area contributed by atoms with Crippen LogP contribution in [0, 0.1) is 0 Å². The van der Waals surface area contributed by atoms with Gasteiger partial charge in [-0.05, 0) is 24.6 Å². The molecule has 0 saturated heterocycles. The number of methoxy groups -OCH3 is 1. The van der Waals surface area contributed by atoms with Crippen molar-refractivity contribution >= 4 is 11.3 Å². The van der Waals surface area contributed by atoms with E-state index in [1.165, 1.54) is 0 Å². The van der Waals surface area contributed by atoms with Gasteiger partial charge < -0.3 is 15.2 Å². The molecule has 2 aromatic rings. The van der Waals surface area contributed by atoms with E-state index in [4.69, 9.17) is 15.2 Å². The lowest BCUT2D eigenvalue weighted by Gasteiger charge is -2.14. The summed E-state index contributed by atoms with van der Waals surface area (Å²) >= 11 is 1.55. The standard InChI is InChI=1S/C13H16N2O2S/c1-3-17-10-5-4-9(6-11(10)16-2)13(14)12-7-15-8-18-12/h4-8,13H,3,14H2,1-2H3. The van der Waals surface area contributed by atoms with Crippen LogP contribution < -0.4 is 15.2 Å². The molecular formula is C13H16N2O2S. The van der Waals surface area contributed by atoms with E-state index in [2.05, 4.69) is 4.98 Å². The van der Waals surface area contributed by atoms with Crippen molar-refractivity contribution < 1.29 is 9.47 Å². The first-order chi connectivity index (χ1) is 8.76. The molecule has 0 aliphatic carbocycles. The second-order valence-electron chi connectivity index (χ2n) is 3.72. The van der Waals surface area contributed by atoms with Crippen LogP contribution in [0.2, 0.25) is 0 Å². The summed E-state index contributed by atoms with van der Waals surface area (Å²) in [6, 6.07) is 5.58. The van der Waals surface area contributed by atoms with Crippen molar-refractivity contribution in [3.05, 3.63) is 40.3 Å². The SMILES string of the molecule is CCOc1ccc(C(N)c2cncs2)cc1OC. The van der Waals surface area contributed by atoms with Crippen molar-refractivity contribution in [2.45, 2.75) is 13.0 Å². The van der Waals surface area contributed by atoms with Crippen LogP contribution >= 0.6 is 11.3 Å². The quantitative estimate of drug-likeness (QED) is 0.901. The van der Waals surface area contributed by atoms with E-state index in [1.807, 2.05) is 25.1 Å². The first kappa shape index (κ1) is 12.9. The molecule has 0 fully saturated rings. The third kappa shape index (κ3) is 2.63. The highest BCUT2D eigenvalue weighted by molar-refractivity contribution is 7.09. The minimum Gasteiger partial charge on any atom is -0.493 e. The number of nitrogens with zero attached hydrogens (tertiary/aromatic N) is 1. The molecule has 0 spiro atoms. The van der Waals surface area contributed by atoms with Crippen LogP contribution in [0.15, 0.2) is 29.9 Å². The topological polar surface area (TPSA) is 57.4 Å². The number of rotatable bonds is 5. The smallest absolute Gasteiger partial charge is 0.161 e. The Balaban J connectivity index is 2.29. The normalized spacial score (nSPS) is 12.2. The van der Waals surface area contributed by atoms with Crippen molar-refractivity contribution in [2.75, 3.05) is 13.7 Å². The van der Waals surface area contributed by atoms with Crippen molar-refractivity contribution in [1.29, 1.82) is 0 Å². The van der Waals surface area contributed by atoms with Crippen molar-refractivity contribution in [1.82, 2.24) is 4.98 Å². The van der Waals surface area contributed by atoms with Gasteiger partial charge in [-0.15, -0.1) is 11.3 Å². The zero-order valence-electron chi connectivity index (χ0n) is 10.4. The highest BCUT2D eigenvalue weighted by atomic mass is 32.1. The Morgan fingerprint density at radius 1 is 1.39 bits per heavy atom. The number of aromatic nitrogens is 1. The Morgan fingerprint density at radius 3 is 2.83 bits per heavy atom. The molecule has 0 bridgehead atoms. The minimum absolute atomic E-state index is 0.179. The molecule has 1 aromatic heterocycles. The fourth-order valence-corrected chi connectivity index (χ4v) is 2.34. The molecule has 4 nitrogen and oxygen atoms in total. The third-order valence-electron chi connectivity index (χ3n) is 2.60. The van der Waals surface area contributed by atoms with Crippen LogP contribution in [-0.2, 0) is 0 Å². The Bertz CT molecular complexity index is 500. The number of ether oxygens (including phenoxy) is 2. The number of nitrogens with two attached hydrogens (primary N) is 1. The van der Waals surface area contributed by atoms with E-state index in [1.54, 1.807) is 30.2 Å². The molecule has 2 rings (SSSR count). The lowest BCUT2D eigenvalue weighted by molar-refractivity contribution is 0.310. The molecule has 0 radical (unpaired) electrons. The van der Waals surface area contributed by atoms with E-state index in [9.17, 15) is 0 Å². The molecule has 1 unspecified atom stereocenters. The summed E-state index contributed by atoms with van der Waals surface area (Å²) < 4.78 is 10.8. The van der Waals surface area contributed by atoms with Gasteiger partial charge in [-0.2, -0.15) is 0 Å². The molecule has 0 saturated carbocycles. The van der Waals surface area contributed by atoms with Crippen LogP contribution in [0.25, 0.3) is 0 Å². The molecular weight excluding hydrogens is 248 g/mol. The van der Waals surface area contributed by atoms with Gasteiger partial charge in [0, 0.05) is 11.1 Å². The van der Waals surface area contributed by atoms with Crippen LogP contribution in [-0.4, -0.2) is 18.7 Å². The summed E-state index contributed by atoms with van der Waals surface area (Å²) in [5, 5.41) is 0. The van der Waals surface area contributed by atoms with E-state index in [0.29, 0.717) is 12.4 Å². The van der Waals surface area contributed by atoms with E-state index < -0.39 is 0 Å². The second-order valence-corrected chi connectivity index (χ2v) is 4.64. The summed E-state index contributed by atoms with van der Waals surface area (Å²) in [6.45, 7) is 2.55. The average molecular weight is 264 g/mol. The number of hydrogen-bond donors (Lipinski definition) is 1. The fraction of sp³-hybridized carbons (Fsp3) is 0.308. The minimum atomic E-state index is -0.179. The highest BCUT2D eigenvalue weighted by Gasteiger charge is 2.13. The Labute approximate surface area is 110 Å². The van der Waals surface area contributed by atoms with E-state index >= 15 is 0 Å². The molecule has 1 aromatic carbocycles. The maximum Gasteiger partial charge on any atom is 0.161 e. The predicted octanol–water partition coefficient (Wildman–Crippen LogP) is 2.60. The first-order valence-corrected chi connectivity index (χ1v) is 6.59. The van der Waals surface area contributed by atoms with Gasteiger partial charge in [-0.1, -0.05) is 6.07 Å². The van der Waals surface area contributed by atoms with Gasteiger partial charge in [0.25, 0.3) is 0 Å². The number of hydrogen-bond acceptors (Lipinski definition) is 5. The van der Waals surface area contributed by atoms with E-state index in [-0.39, 0.29) is 6.04 Å². The Kier molecular flexibility index (Phi) is 4.17. The zero-order chi connectivity index (χ0) is 13.0. The maximum absolute atomic E-state index is 6.18. The lowest BCUT2D eigenvalue weighted by atomic mass is 10.1. The zero-order valence-corrected chi connectivity index (χ0v) is 11.2. The van der Waals surface area contributed by atoms with E-state index in [0.717, 1.165) is 16.2 Å². The molecule has 5 heteroatoms. The van der Waals surface area contributed by atoms with Gasteiger partial charge in [0.2, 0.25) is 0 Å².